The fraction of sp³-hybridized carbons (Fsp3) is 0.222. The normalized spacial score (nSPS) is 11.0. The molecule has 3 aromatic rings. The Kier molecular flexibility index (Phi) is 7.73. The highest BCUT2D eigenvalue weighted by molar-refractivity contribution is 5.89. The van der Waals surface area contributed by atoms with Gasteiger partial charge in [0.25, 0.3) is 0 Å². The maximum Gasteiger partial charge on any atom is 0.161 e. The molecular weight excluding hydrogens is 386 g/mol. The van der Waals surface area contributed by atoms with Crippen molar-refractivity contribution in [2.45, 2.75) is 20.8 Å². The van der Waals surface area contributed by atoms with Gasteiger partial charge < -0.3 is 14.2 Å². The quantitative estimate of drug-likeness (QED) is 0.237. The maximum atomic E-state index is 9.55. The molecule has 3 rings (SSSR count). The number of ether oxygens (including phenoxy) is 3. The molecule has 3 aromatic carbocycles. The molecule has 0 radical (unpaired) electrons. The third-order valence-corrected chi connectivity index (χ3v) is 4.87. The lowest BCUT2D eigenvalue weighted by molar-refractivity contribution is 0.208. The van der Waals surface area contributed by atoms with E-state index in [1.807, 2.05) is 73.7 Å². The van der Waals surface area contributed by atoms with E-state index in [4.69, 9.17) is 14.2 Å². The van der Waals surface area contributed by atoms with Gasteiger partial charge in [-0.2, -0.15) is 5.26 Å². The first-order chi connectivity index (χ1) is 15.1. The van der Waals surface area contributed by atoms with Crippen molar-refractivity contribution in [2.24, 2.45) is 0 Å². The summed E-state index contributed by atoms with van der Waals surface area (Å²) in [6.07, 6.45) is 1.85. The molecule has 4 heteroatoms. The summed E-state index contributed by atoms with van der Waals surface area (Å²) < 4.78 is 17.5. The number of allylic oxidation sites excluding steroid dienone is 1. The van der Waals surface area contributed by atoms with Gasteiger partial charge in [-0.05, 0) is 73.4 Å². The molecule has 0 heterocycles. The van der Waals surface area contributed by atoms with Crippen molar-refractivity contribution in [2.75, 3.05) is 19.8 Å². The highest BCUT2D eigenvalue weighted by Crippen LogP contribution is 2.30. The molecule has 0 aromatic heterocycles. The fourth-order valence-electron chi connectivity index (χ4n) is 3.08. The van der Waals surface area contributed by atoms with Crippen LogP contribution in [-0.4, -0.2) is 19.8 Å². The topological polar surface area (TPSA) is 51.5 Å². The van der Waals surface area contributed by atoms with E-state index < -0.39 is 0 Å². The monoisotopic (exact) mass is 413 g/mol. The van der Waals surface area contributed by atoms with Crippen LogP contribution in [0.1, 0.15) is 29.2 Å². The minimum Gasteiger partial charge on any atom is -0.490 e. The summed E-state index contributed by atoms with van der Waals surface area (Å²) in [5, 5.41) is 9.55. The summed E-state index contributed by atoms with van der Waals surface area (Å²) in [5.74, 6) is 2.14. The van der Waals surface area contributed by atoms with Gasteiger partial charge in [-0.25, -0.2) is 0 Å². The van der Waals surface area contributed by atoms with Crippen LogP contribution in [-0.2, 0) is 0 Å². The van der Waals surface area contributed by atoms with E-state index in [9.17, 15) is 5.26 Å². The minimum absolute atomic E-state index is 0.398. The van der Waals surface area contributed by atoms with E-state index in [0.717, 1.165) is 16.9 Å². The molecule has 0 aliphatic carbocycles. The zero-order chi connectivity index (χ0) is 22.1. The number of nitrogens with zero attached hydrogens (tertiary/aromatic N) is 1. The summed E-state index contributed by atoms with van der Waals surface area (Å²) in [5.41, 5.74) is 4.80. The highest BCUT2D eigenvalue weighted by Gasteiger charge is 2.08. The van der Waals surface area contributed by atoms with Gasteiger partial charge >= 0.3 is 0 Å². The van der Waals surface area contributed by atoms with Crippen molar-refractivity contribution in [3.8, 4) is 23.3 Å². The third-order valence-electron chi connectivity index (χ3n) is 4.87. The Labute approximate surface area is 184 Å². The molecule has 158 valence electrons. The Morgan fingerprint density at radius 3 is 2.32 bits per heavy atom. The first kappa shape index (κ1) is 22.0. The molecule has 0 bridgehead atoms. The van der Waals surface area contributed by atoms with Crippen molar-refractivity contribution in [3.05, 3.63) is 89.0 Å². The molecule has 0 saturated heterocycles. The molecule has 0 atom stereocenters. The largest absolute Gasteiger partial charge is 0.490 e. The summed E-state index contributed by atoms with van der Waals surface area (Å²) in [7, 11) is 0. The number of aryl methyl sites for hydroxylation is 2. The van der Waals surface area contributed by atoms with Crippen molar-refractivity contribution in [1.82, 2.24) is 0 Å². The lowest BCUT2D eigenvalue weighted by Crippen LogP contribution is -2.10. The van der Waals surface area contributed by atoms with E-state index in [-0.39, 0.29) is 0 Å². The van der Waals surface area contributed by atoms with Crippen LogP contribution in [0.3, 0.4) is 0 Å². The summed E-state index contributed by atoms with van der Waals surface area (Å²) in [6.45, 7) is 7.43. The standard InChI is InChI=1S/C27H27NO3/c1-4-29-27-18-22(17-24(19-28)23-8-6-5-7-9-23)11-13-26(27)31-15-14-30-25-12-10-20(2)21(3)16-25/h5-13,16-18H,4,14-15H2,1-3H3/b24-17+. The first-order valence-corrected chi connectivity index (χ1v) is 10.4. The van der Waals surface area contributed by atoms with Gasteiger partial charge in [0.15, 0.2) is 11.5 Å². The molecule has 0 N–H and O–H groups in total. The predicted molar refractivity (Wildman–Crippen MR) is 124 cm³/mol. The molecule has 0 fully saturated rings. The van der Waals surface area contributed by atoms with Crippen LogP contribution in [0.2, 0.25) is 0 Å². The second-order valence-corrected chi connectivity index (χ2v) is 7.12. The number of hydrogen-bond donors (Lipinski definition) is 0. The average molecular weight is 414 g/mol. The third kappa shape index (κ3) is 6.13. The molecule has 0 aliphatic heterocycles. The Bertz CT molecular complexity index is 1080. The van der Waals surface area contributed by atoms with Crippen LogP contribution >= 0.6 is 0 Å². The Balaban J connectivity index is 1.68. The first-order valence-electron chi connectivity index (χ1n) is 10.4. The minimum atomic E-state index is 0.398. The molecule has 0 unspecified atom stereocenters. The number of nitriles is 1. The van der Waals surface area contributed by atoms with Gasteiger partial charge in [-0.15, -0.1) is 0 Å². The summed E-state index contributed by atoms with van der Waals surface area (Å²) in [4.78, 5) is 0. The van der Waals surface area contributed by atoms with E-state index in [0.29, 0.717) is 36.9 Å². The van der Waals surface area contributed by atoms with Gasteiger partial charge in [0.05, 0.1) is 18.2 Å². The lowest BCUT2D eigenvalue weighted by Gasteiger charge is -2.14. The van der Waals surface area contributed by atoms with Crippen LogP contribution in [0.25, 0.3) is 11.6 Å². The van der Waals surface area contributed by atoms with E-state index in [1.54, 1.807) is 0 Å². The Hall–Kier alpha value is -3.71. The van der Waals surface area contributed by atoms with E-state index >= 15 is 0 Å². The van der Waals surface area contributed by atoms with E-state index in [2.05, 4.69) is 26.0 Å². The summed E-state index contributed by atoms with van der Waals surface area (Å²) in [6, 6.07) is 23.6. The van der Waals surface area contributed by atoms with Gasteiger partial charge in [0, 0.05) is 0 Å². The van der Waals surface area contributed by atoms with Crippen molar-refractivity contribution in [1.29, 1.82) is 5.26 Å². The number of hydrogen-bond acceptors (Lipinski definition) is 4. The predicted octanol–water partition coefficient (Wildman–Crippen LogP) is 6.22. The van der Waals surface area contributed by atoms with Crippen molar-refractivity contribution >= 4 is 11.6 Å². The van der Waals surface area contributed by atoms with Crippen molar-refractivity contribution in [3.63, 3.8) is 0 Å². The molecule has 0 saturated carbocycles. The van der Waals surface area contributed by atoms with Gasteiger partial charge in [0.2, 0.25) is 0 Å². The fourth-order valence-corrected chi connectivity index (χ4v) is 3.08. The number of rotatable bonds is 9. The highest BCUT2D eigenvalue weighted by atomic mass is 16.5. The van der Waals surface area contributed by atoms with Crippen LogP contribution in [0.5, 0.6) is 17.2 Å². The van der Waals surface area contributed by atoms with Gasteiger partial charge in [0.1, 0.15) is 19.0 Å². The van der Waals surface area contributed by atoms with E-state index in [1.165, 1.54) is 11.1 Å². The molecule has 4 nitrogen and oxygen atoms in total. The van der Waals surface area contributed by atoms with Crippen molar-refractivity contribution < 1.29 is 14.2 Å². The van der Waals surface area contributed by atoms with Gasteiger partial charge in [-0.1, -0.05) is 42.5 Å². The smallest absolute Gasteiger partial charge is 0.161 e. The van der Waals surface area contributed by atoms with Crippen LogP contribution in [0.4, 0.5) is 0 Å². The van der Waals surface area contributed by atoms with Gasteiger partial charge in [-0.3, -0.25) is 0 Å². The zero-order valence-corrected chi connectivity index (χ0v) is 18.2. The average Bonchev–Trinajstić information content (AvgIpc) is 2.79. The van der Waals surface area contributed by atoms with Crippen LogP contribution in [0.15, 0.2) is 66.7 Å². The number of benzene rings is 3. The second-order valence-electron chi connectivity index (χ2n) is 7.12. The molecular formula is C27H27NO3. The SMILES string of the molecule is CCOc1cc(/C=C(\C#N)c2ccccc2)ccc1OCCOc1ccc(C)c(C)c1. The molecule has 0 amide bonds. The Morgan fingerprint density at radius 2 is 1.61 bits per heavy atom. The Morgan fingerprint density at radius 1 is 0.839 bits per heavy atom. The molecule has 0 spiro atoms. The summed E-state index contributed by atoms with van der Waals surface area (Å²) >= 11 is 0. The lowest BCUT2D eigenvalue weighted by atomic mass is 10.0. The van der Waals surface area contributed by atoms with Crippen LogP contribution in [0, 0.1) is 25.2 Å². The second kappa shape index (κ2) is 10.9. The van der Waals surface area contributed by atoms with Crippen LogP contribution < -0.4 is 14.2 Å². The maximum absolute atomic E-state index is 9.55. The molecule has 31 heavy (non-hydrogen) atoms. The zero-order valence-electron chi connectivity index (χ0n) is 18.2. The molecule has 0 aliphatic rings.